The topological polar surface area (TPSA) is 88.0 Å². The lowest BCUT2D eigenvalue weighted by Gasteiger charge is -2.24. The second kappa shape index (κ2) is 8.64. The molecule has 1 amide bonds. The van der Waals surface area contributed by atoms with Crippen LogP contribution in [0.3, 0.4) is 0 Å². The number of carbonyl (C=O) groups excluding carboxylic acids is 1. The predicted octanol–water partition coefficient (Wildman–Crippen LogP) is 5.88. The van der Waals surface area contributed by atoms with Gasteiger partial charge in [0.1, 0.15) is 0 Å². The molecule has 3 aromatic rings. The Morgan fingerprint density at radius 1 is 1.12 bits per heavy atom. The lowest BCUT2D eigenvalue weighted by Crippen LogP contribution is -2.22. The molecule has 2 N–H and O–H groups in total. The second-order valence-corrected chi connectivity index (χ2v) is 10.3. The quantitative estimate of drug-likeness (QED) is 0.489. The maximum Gasteiger partial charge on any atom is 0.435 e. The monoisotopic (exact) mass is 478 g/mol. The van der Waals surface area contributed by atoms with Gasteiger partial charge in [0.2, 0.25) is 0 Å². The van der Waals surface area contributed by atoms with Crippen LogP contribution in [0.5, 0.6) is 0 Å². The lowest BCUT2D eigenvalue weighted by molar-refractivity contribution is -0.141. The van der Waals surface area contributed by atoms with E-state index in [1.54, 1.807) is 37.3 Å². The molecule has 2 heterocycles. The summed E-state index contributed by atoms with van der Waals surface area (Å²) in [5, 5.41) is 20.9. The fourth-order valence-corrected chi connectivity index (χ4v) is 5.23. The van der Waals surface area contributed by atoms with E-state index in [1.165, 1.54) is 12.8 Å². The third-order valence-electron chi connectivity index (χ3n) is 6.00. The van der Waals surface area contributed by atoms with E-state index in [-0.39, 0.29) is 5.69 Å². The molecule has 10 heteroatoms. The minimum atomic E-state index is -4.64. The SMILES string of the molecule is CC(C)(O)c1cc2nc([C@H]3CC[C@H](C)CC3)sc2cc1NC(=O)c1ccc(C(F)(F)F)nn1. The number of nitrogens with zero attached hydrogens (tertiary/aromatic N) is 3. The molecule has 2 aromatic heterocycles. The lowest BCUT2D eigenvalue weighted by atomic mass is 9.83. The second-order valence-electron chi connectivity index (χ2n) is 9.19. The van der Waals surface area contributed by atoms with Crippen LogP contribution in [0.2, 0.25) is 0 Å². The summed E-state index contributed by atoms with van der Waals surface area (Å²) in [4.78, 5) is 17.5. The van der Waals surface area contributed by atoms with Crippen molar-refractivity contribution >= 4 is 33.1 Å². The summed E-state index contributed by atoms with van der Waals surface area (Å²) >= 11 is 1.57. The summed E-state index contributed by atoms with van der Waals surface area (Å²) in [5.74, 6) is 0.421. The molecule has 0 aliphatic heterocycles. The van der Waals surface area contributed by atoms with Crippen LogP contribution in [0.1, 0.15) is 79.1 Å². The standard InChI is InChI=1S/C23H25F3N4O2S/c1-12-4-6-13(7-5-12)21-28-17-10-14(22(2,3)32)16(11-18(17)33-21)27-20(31)15-8-9-19(30-29-15)23(24,25)26/h8-13,32H,4-7H2,1-3H3,(H,27,31)/t12-,13-. The first-order chi connectivity index (χ1) is 15.4. The summed E-state index contributed by atoms with van der Waals surface area (Å²) in [6.07, 6.45) is -0.109. The number of rotatable bonds is 4. The van der Waals surface area contributed by atoms with Gasteiger partial charge < -0.3 is 10.4 Å². The van der Waals surface area contributed by atoms with Crippen molar-refractivity contribution in [1.29, 1.82) is 0 Å². The van der Waals surface area contributed by atoms with Crippen molar-refractivity contribution in [1.82, 2.24) is 15.2 Å². The van der Waals surface area contributed by atoms with Crippen molar-refractivity contribution in [2.75, 3.05) is 5.32 Å². The van der Waals surface area contributed by atoms with Crippen LogP contribution in [-0.4, -0.2) is 26.2 Å². The highest BCUT2D eigenvalue weighted by molar-refractivity contribution is 7.18. The molecule has 1 aliphatic rings. The van der Waals surface area contributed by atoms with Gasteiger partial charge in [0.25, 0.3) is 5.91 Å². The van der Waals surface area contributed by atoms with E-state index in [0.717, 1.165) is 40.1 Å². The molecule has 1 fully saturated rings. The van der Waals surface area contributed by atoms with E-state index in [2.05, 4.69) is 22.4 Å². The van der Waals surface area contributed by atoms with E-state index < -0.39 is 23.4 Å². The van der Waals surface area contributed by atoms with Crippen LogP contribution in [0.15, 0.2) is 24.3 Å². The number of nitrogens with one attached hydrogen (secondary N) is 1. The van der Waals surface area contributed by atoms with Crippen LogP contribution in [0.25, 0.3) is 10.2 Å². The Morgan fingerprint density at radius 2 is 1.82 bits per heavy atom. The van der Waals surface area contributed by atoms with Crippen LogP contribution in [0.4, 0.5) is 18.9 Å². The van der Waals surface area contributed by atoms with Crippen molar-refractivity contribution in [3.8, 4) is 0 Å². The number of aromatic nitrogens is 3. The zero-order chi connectivity index (χ0) is 24.0. The third-order valence-corrected chi connectivity index (χ3v) is 7.18. The normalized spacial score (nSPS) is 19.6. The third kappa shape index (κ3) is 5.16. The number of thiazole rings is 1. The first-order valence-electron chi connectivity index (χ1n) is 10.8. The number of hydrogen-bond donors (Lipinski definition) is 2. The Kier molecular flexibility index (Phi) is 6.17. The van der Waals surface area contributed by atoms with E-state index in [4.69, 9.17) is 4.98 Å². The fraction of sp³-hybridized carbons (Fsp3) is 0.478. The summed E-state index contributed by atoms with van der Waals surface area (Å²) < 4.78 is 39.0. The molecule has 33 heavy (non-hydrogen) atoms. The average molecular weight is 479 g/mol. The van der Waals surface area contributed by atoms with Gasteiger partial charge in [-0.25, -0.2) is 4.98 Å². The first-order valence-corrected chi connectivity index (χ1v) is 11.6. The highest BCUT2D eigenvalue weighted by Crippen LogP contribution is 2.41. The van der Waals surface area contributed by atoms with Crippen LogP contribution in [-0.2, 0) is 11.8 Å². The molecule has 4 rings (SSSR count). The smallest absolute Gasteiger partial charge is 0.386 e. The molecule has 0 radical (unpaired) electrons. The molecule has 0 spiro atoms. The summed E-state index contributed by atoms with van der Waals surface area (Å²) in [6, 6.07) is 5.20. The zero-order valence-electron chi connectivity index (χ0n) is 18.5. The van der Waals surface area contributed by atoms with Crippen molar-refractivity contribution in [2.45, 2.75) is 64.1 Å². The molecule has 0 saturated heterocycles. The maximum atomic E-state index is 12.7. The van der Waals surface area contributed by atoms with Crippen LogP contribution >= 0.6 is 11.3 Å². The number of anilines is 1. The van der Waals surface area contributed by atoms with Gasteiger partial charge in [0, 0.05) is 17.2 Å². The number of hydrogen-bond acceptors (Lipinski definition) is 6. The number of benzene rings is 1. The molecule has 0 unspecified atom stereocenters. The van der Waals surface area contributed by atoms with Crippen molar-refractivity contribution in [2.24, 2.45) is 5.92 Å². The van der Waals surface area contributed by atoms with Gasteiger partial charge in [0.15, 0.2) is 11.4 Å². The van der Waals surface area contributed by atoms with Gasteiger partial charge in [-0.2, -0.15) is 13.2 Å². The van der Waals surface area contributed by atoms with E-state index >= 15 is 0 Å². The van der Waals surface area contributed by atoms with Gasteiger partial charge in [-0.1, -0.05) is 19.8 Å². The van der Waals surface area contributed by atoms with Crippen LogP contribution in [0, 0.1) is 5.92 Å². The summed E-state index contributed by atoms with van der Waals surface area (Å²) in [5.41, 5.74) is -1.16. The zero-order valence-corrected chi connectivity index (χ0v) is 19.3. The average Bonchev–Trinajstić information content (AvgIpc) is 3.15. The predicted molar refractivity (Wildman–Crippen MR) is 120 cm³/mol. The first kappa shape index (κ1) is 23.6. The molecule has 0 bridgehead atoms. The Labute approximate surface area is 193 Å². The number of amides is 1. The number of aliphatic hydroxyl groups is 1. The molecule has 1 aromatic carbocycles. The molecule has 176 valence electrons. The Hall–Kier alpha value is -2.59. The number of halogens is 3. The van der Waals surface area contributed by atoms with E-state index in [0.29, 0.717) is 23.2 Å². The number of fused-ring (bicyclic) bond motifs is 1. The molecular weight excluding hydrogens is 453 g/mol. The maximum absolute atomic E-state index is 12.7. The Morgan fingerprint density at radius 3 is 2.39 bits per heavy atom. The van der Waals surface area contributed by atoms with Gasteiger partial charge in [-0.15, -0.1) is 21.5 Å². The van der Waals surface area contributed by atoms with Crippen LogP contribution < -0.4 is 5.32 Å². The summed E-state index contributed by atoms with van der Waals surface area (Å²) in [6.45, 7) is 5.45. The minimum absolute atomic E-state index is 0.258. The van der Waals surface area contributed by atoms with Gasteiger partial charge in [-0.05, 0) is 56.9 Å². The molecule has 6 nitrogen and oxygen atoms in total. The van der Waals surface area contributed by atoms with E-state index in [1.807, 2.05) is 0 Å². The molecular formula is C23H25F3N4O2S. The van der Waals surface area contributed by atoms with Crippen molar-refractivity contribution < 1.29 is 23.1 Å². The minimum Gasteiger partial charge on any atom is -0.386 e. The largest absolute Gasteiger partial charge is 0.435 e. The molecule has 1 saturated carbocycles. The van der Waals surface area contributed by atoms with Gasteiger partial charge in [0.05, 0.1) is 20.8 Å². The Balaban J connectivity index is 1.64. The van der Waals surface area contributed by atoms with Gasteiger partial charge in [-0.3, -0.25) is 4.79 Å². The molecule has 0 atom stereocenters. The van der Waals surface area contributed by atoms with Crippen molar-refractivity contribution in [3.05, 3.63) is 46.2 Å². The number of carbonyl (C=O) groups is 1. The highest BCUT2D eigenvalue weighted by atomic mass is 32.1. The molecule has 1 aliphatic carbocycles. The van der Waals surface area contributed by atoms with E-state index in [9.17, 15) is 23.1 Å². The van der Waals surface area contributed by atoms with Gasteiger partial charge >= 0.3 is 6.18 Å². The Bertz CT molecular complexity index is 1160. The summed E-state index contributed by atoms with van der Waals surface area (Å²) in [7, 11) is 0. The number of alkyl halides is 3. The fourth-order valence-electron chi connectivity index (χ4n) is 4.07. The van der Waals surface area contributed by atoms with Crippen molar-refractivity contribution in [3.63, 3.8) is 0 Å². The highest BCUT2D eigenvalue weighted by Gasteiger charge is 2.33.